The zero-order valence-electron chi connectivity index (χ0n) is 6.78. The monoisotopic (exact) mass is 159 g/mol. The first-order valence-electron chi connectivity index (χ1n) is 3.75. The van der Waals surface area contributed by atoms with E-state index in [4.69, 9.17) is 5.73 Å². The Kier molecular flexibility index (Phi) is 1.43. The molecule has 0 amide bonds. The summed E-state index contributed by atoms with van der Waals surface area (Å²) in [6, 6.07) is 5.85. The van der Waals surface area contributed by atoms with Crippen molar-refractivity contribution in [2.75, 3.05) is 5.73 Å². The van der Waals surface area contributed by atoms with Crippen molar-refractivity contribution in [2.24, 2.45) is 0 Å². The van der Waals surface area contributed by atoms with Crippen LogP contribution in [-0.2, 0) is 0 Å². The summed E-state index contributed by atoms with van der Waals surface area (Å²) in [6.45, 7) is 1.94. The molecule has 2 aromatic heterocycles. The van der Waals surface area contributed by atoms with Crippen LogP contribution in [0.4, 0.5) is 5.82 Å². The largest absolute Gasteiger partial charge is 0.383 e. The SMILES string of the molecule is Cc1cc2cccnc2nc1N. The summed E-state index contributed by atoms with van der Waals surface area (Å²) in [6.07, 6.45) is 1.71. The number of hydrogen-bond acceptors (Lipinski definition) is 3. The second-order valence-electron chi connectivity index (χ2n) is 2.74. The quantitative estimate of drug-likeness (QED) is 0.634. The van der Waals surface area contributed by atoms with Crippen LogP contribution in [0.2, 0.25) is 0 Å². The van der Waals surface area contributed by atoms with Gasteiger partial charge in [0.25, 0.3) is 0 Å². The summed E-state index contributed by atoms with van der Waals surface area (Å²) in [4.78, 5) is 8.23. The molecule has 2 N–H and O–H groups in total. The number of pyridine rings is 2. The Balaban J connectivity index is 2.84. The second-order valence-corrected chi connectivity index (χ2v) is 2.74. The Labute approximate surface area is 70.3 Å². The lowest BCUT2D eigenvalue weighted by atomic mass is 10.2. The van der Waals surface area contributed by atoms with E-state index in [1.54, 1.807) is 6.20 Å². The molecule has 2 heterocycles. The maximum Gasteiger partial charge on any atom is 0.161 e. The zero-order chi connectivity index (χ0) is 8.55. The number of anilines is 1. The van der Waals surface area contributed by atoms with Gasteiger partial charge in [-0.3, -0.25) is 0 Å². The maximum absolute atomic E-state index is 5.63. The highest BCUT2D eigenvalue weighted by Gasteiger charge is 1.98. The van der Waals surface area contributed by atoms with Gasteiger partial charge < -0.3 is 5.73 Å². The average molecular weight is 159 g/mol. The lowest BCUT2D eigenvalue weighted by Gasteiger charge is -2.00. The maximum atomic E-state index is 5.63. The third-order valence-electron chi connectivity index (χ3n) is 1.82. The predicted octanol–water partition coefficient (Wildman–Crippen LogP) is 1.52. The lowest BCUT2D eigenvalue weighted by molar-refractivity contribution is 1.26. The second kappa shape index (κ2) is 2.44. The van der Waals surface area contributed by atoms with E-state index in [2.05, 4.69) is 9.97 Å². The van der Waals surface area contributed by atoms with Crippen molar-refractivity contribution in [1.29, 1.82) is 0 Å². The van der Waals surface area contributed by atoms with Crippen LogP contribution in [0, 0.1) is 6.92 Å². The molecule has 60 valence electrons. The molecule has 0 aliphatic heterocycles. The van der Waals surface area contributed by atoms with Crippen molar-refractivity contribution >= 4 is 16.9 Å². The van der Waals surface area contributed by atoms with Gasteiger partial charge in [-0.2, -0.15) is 0 Å². The van der Waals surface area contributed by atoms with Crippen molar-refractivity contribution in [3.63, 3.8) is 0 Å². The van der Waals surface area contributed by atoms with E-state index in [1.165, 1.54) is 0 Å². The number of fused-ring (bicyclic) bond motifs is 1. The van der Waals surface area contributed by atoms with Gasteiger partial charge in [0, 0.05) is 11.6 Å². The standard InChI is InChI=1S/C9H9N3/c1-6-5-7-3-2-4-11-9(7)12-8(6)10/h2-5H,1H3,(H2,10,11,12). The zero-order valence-corrected chi connectivity index (χ0v) is 6.78. The molecule has 3 heteroatoms. The molecule has 12 heavy (non-hydrogen) atoms. The van der Waals surface area contributed by atoms with Crippen LogP contribution in [-0.4, -0.2) is 9.97 Å². The van der Waals surface area contributed by atoms with Crippen LogP contribution in [0.3, 0.4) is 0 Å². The van der Waals surface area contributed by atoms with Crippen molar-refractivity contribution in [2.45, 2.75) is 6.92 Å². The molecule has 0 fully saturated rings. The fourth-order valence-corrected chi connectivity index (χ4v) is 1.12. The molecule has 2 aromatic rings. The van der Waals surface area contributed by atoms with E-state index in [0.717, 1.165) is 10.9 Å². The molecule has 0 aliphatic carbocycles. The number of aromatic nitrogens is 2. The van der Waals surface area contributed by atoms with Gasteiger partial charge in [0.05, 0.1) is 0 Å². The molecule has 0 aliphatic rings. The molecule has 0 atom stereocenters. The van der Waals surface area contributed by atoms with Crippen LogP contribution >= 0.6 is 0 Å². The Morgan fingerprint density at radius 2 is 2.25 bits per heavy atom. The van der Waals surface area contributed by atoms with Gasteiger partial charge in [-0.1, -0.05) is 0 Å². The van der Waals surface area contributed by atoms with E-state index < -0.39 is 0 Å². The van der Waals surface area contributed by atoms with Gasteiger partial charge in [0.15, 0.2) is 5.65 Å². The highest BCUT2D eigenvalue weighted by atomic mass is 14.9. The van der Waals surface area contributed by atoms with E-state index in [1.807, 2.05) is 25.1 Å². The van der Waals surface area contributed by atoms with Crippen molar-refractivity contribution in [3.8, 4) is 0 Å². The first-order valence-corrected chi connectivity index (χ1v) is 3.75. The highest BCUT2D eigenvalue weighted by molar-refractivity contribution is 5.77. The predicted molar refractivity (Wildman–Crippen MR) is 48.7 cm³/mol. The number of aryl methyl sites for hydroxylation is 1. The minimum atomic E-state index is 0.557. The van der Waals surface area contributed by atoms with E-state index >= 15 is 0 Å². The van der Waals surface area contributed by atoms with Gasteiger partial charge in [-0.15, -0.1) is 0 Å². The summed E-state index contributed by atoms with van der Waals surface area (Å²) in [5.41, 5.74) is 7.34. The number of rotatable bonds is 0. The van der Waals surface area contributed by atoms with Gasteiger partial charge in [-0.25, -0.2) is 9.97 Å². The van der Waals surface area contributed by atoms with Crippen LogP contribution in [0.1, 0.15) is 5.56 Å². The first kappa shape index (κ1) is 7.03. The molecule has 0 aromatic carbocycles. The van der Waals surface area contributed by atoms with Gasteiger partial charge >= 0.3 is 0 Å². The molecule has 2 rings (SSSR count). The van der Waals surface area contributed by atoms with Crippen LogP contribution in [0.5, 0.6) is 0 Å². The summed E-state index contributed by atoms with van der Waals surface area (Å²) >= 11 is 0. The fraction of sp³-hybridized carbons (Fsp3) is 0.111. The molecule has 3 nitrogen and oxygen atoms in total. The third kappa shape index (κ3) is 0.993. The first-order chi connectivity index (χ1) is 5.77. The summed E-state index contributed by atoms with van der Waals surface area (Å²) < 4.78 is 0. The Bertz CT molecular complexity index is 383. The van der Waals surface area contributed by atoms with Gasteiger partial charge in [0.2, 0.25) is 0 Å². The van der Waals surface area contributed by atoms with Gasteiger partial charge in [0.1, 0.15) is 5.82 Å². The van der Waals surface area contributed by atoms with Crippen molar-refractivity contribution < 1.29 is 0 Å². The molecule has 0 saturated carbocycles. The number of nitrogen functional groups attached to an aromatic ring is 1. The van der Waals surface area contributed by atoms with E-state index in [-0.39, 0.29) is 0 Å². The lowest BCUT2D eigenvalue weighted by Crippen LogP contribution is -1.95. The number of nitrogens with zero attached hydrogens (tertiary/aromatic N) is 2. The minimum absolute atomic E-state index is 0.557. The Morgan fingerprint density at radius 1 is 1.42 bits per heavy atom. The van der Waals surface area contributed by atoms with Gasteiger partial charge in [-0.05, 0) is 30.7 Å². The smallest absolute Gasteiger partial charge is 0.161 e. The molecule has 0 saturated heterocycles. The van der Waals surface area contributed by atoms with E-state index in [9.17, 15) is 0 Å². The number of nitrogens with two attached hydrogens (primary N) is 1. The molecular formula is C9H9N3. The normalized spacial score (nSPS) is 10.4. The molecule has 0 unspecified atom stereocenters. The molecule has 0 spiro atoms. The molecule has 0 bridgehead atoms. The van der Waals surface area contributed by atoms with Crippen LogP contribution in [0.15, 0.2) is 24.4 Å². The average Bonchev–Trinajstić information content (AvgIpc) is 2.07. The van der Waals surface area contributed by atoms with Crippen molar-refractivity contribution in [3.05, 3.63) is 30.0 Å². The van der Waals surface area contributed by atoms with Crippen LogP contribution < -0.4 is 5.73 Å². The third-order valence-corrected chi connectivity index (χ3v) is 1.82. The molecule has 0 radical (unpaired) electrons. The topological polar surface area (TPSA) is 51.8 Å². The fourth-order valence-electron chi connectivity index (χ4n) is 1.12. The summed E-state index contributed by atoms with van der Waals surface area (Å²) in [5.74, 6) is 0.557. The summed E-state index contributed by atoms with van der Waals surface area (Å²) in [7, 11) is 0. The highest BCUT2D eigenvalue weighted by Crippen LogP contribution is 2.14. The van der Waals surface area contributed by atoms with E-state index in [0.29, 0.717) is 11.5 Å². The van der Waals surface area contributed by atoms with Crippen LogP contribution in [0.25, 0.3) is 11.0 Å². The number of hydrogen-bond donors (Lipinski definition) is 1. The molecular weight excluding hydrogens is 150 g/mol. The minimum Gasteiger partial charge on any atom is -0.383 e. The Morgan fingerprint density at radius 3 is 3.08 bits per heavy atom. The summed E-state index contributed by atoms with van der Waals surface area (Å²) in [5, 5.41) is 1.03. The Hall–Kier alpha value is -1.64. The van der Waals surface area contributed by atoms with Crippen molar-refractivity contribution in [1.82, 2.24) is 9.97 Å².